The van der Waals surface area contributed by atoms with Crippen molar-refractivity contribution < 1.29 is 9.59 Å². The number of piperidine rings is 1. The van der Waals surface area contributed by atoms with E-state index >= 15 is 0 Å². The van der Waals surface area contributed by atoms with Crippen LogP contribution in [0, 0.1) is 13.8 Å². The number of rotatable bonds is 4. The number of carbonyl (C=O) groups is 2. The van der Waals surface area contributed by atoms with Gasteiger partial charge in [-0.1, -0.05) is 12.8 Å². The predicted octanol–water partition coefficient (Wildman–Crippen LogP) is 3.76. The summed E-state index contributed by atoms with van der Waals surface area (Å²) >= 11 is 3.03. The lowest BCUT2D eigenvalue weighted by Crippen LogP contribution is -2.42. The normalized spacial score (nSPS) is 18.9. The van der Waals surface area contributed by atoms with Gasteiger partial charge in [-0.05, 0) is 39.5 Å². The van der Waals surface area contributed by atoms with Crippen LogP contribution in [0.1, 0.15) is 80.3 Å². The Morgan fingerprint density at radius 1 is 1.03 bits per heavy atom. The number of aryl methyl sites for hydroxylation is 2. The number of nitrogens with one attached hydrogen (secondary N) is 1. The topological polar surface area (TPSA) is 78.4 Å². The van der Waals surface area contributed by atoms with Gasteiger partial charge in [-0.15, -0.1) is 22.7 Å². The summed E-state index contributed by atoms with van der Waals surface area (Å²) in [6.07, 6.45) is 6.47. The van der Waals surface area contributed by atoms with Gasteiger partial charge in [0.1, 0.15) is 10.6 Å². The molecule has 2 fully saturated rings. The van der Waals surface area contributed by atoms with Gasteiger partial charge in [0.15, 0.2) is 0 Å². The largest absolute Gasteiger partial charge is 0.338 e. The van der Waals surface area contributed by atoms with Crippen LogP contribution in [0.25, 0.3) is 0 Å². The Hall–Kier alpha value is -1.84. The molecular weight excluding hydrogens is 418 g/mol. The predicted molar refractivity (Wildman–Crippen MR) is 119 cm³/mol. The van der Waals surface area contributed by atoms with Crippen molar-refractivity contribution in [1.82, 2.24) is 25.3 Å². The third kappa shape index (κ3) is 4.90. The van der Waals surface area contributed by atoms with Gasteiger partial charge in [-0.25, -0.2) is 15.0 Å². The highest BCUT2D eigenvalue weighted by Crippen LogP contribution is 2.31. The van der Waals surface area contributed by atoms with E-state index in [2.05, 4.69) is 15.4 Å². The van der Waals surface area contributed by atoms with E-state index in [0.29, 0.717) is 11.6 Å². The van der Waals surface area contributed by atoms with Crippen molar-refractivity contribution in [2.24, 2.45) is 0 Å². The van der Waals surface area contributed by atoms with E-state index in [-0.39, 0.29) is 11.8 Å². The Kier molecular flexibility index (Phi) is 6.80. The van der Waals surface area contributed by atoms with E-state index in [4.69, 9.17) is 0 Å². The number of amides is 2. The van der Waals surface area contributed by atoms with Crippen molar-refractivity contribution in [3.05, 3.63) is 31.7 Å². The minimum Gasteiger partial charge on any atom is -0.338 e. The molecule has 2 aromatic rings. The van der Waals surface area contributed by atoms with Gasteiger partial charge in [0, 0.05) is 37.5 Å². The molecule has 9 heteroatoms. The quantitative estimate of drug-likeness (QED) is 0.772. The van der Waals surface area contributed by atoms with Crippen LogP contribution < -0.4 is 5.43 Å². The molecule has 0 saturated carbocycles. The van der Waals surface area contributed by atoms with Gasteiger partial charge in [-0.3, -0.25) is 15.0 Å². The van der Waals surface area contributed by atoms with Crippen LogP contribution in [0.5, 0.6) is 0 Å². The molecular formula is C21H29N5O2S2. The fourth-order valence-electron chi connectivity index (χ4n) is 4.17. The number of hydrazine groups is 1. The standard InChI is InChI=1S/C21H29N5O2S2/c1-14-18(30-15(2)22-14)21(28)25-11-7-16(8-12-25)20-23-17(13-29-20)19(27)24-26-9-5-3-4-6-10-26/h13,16H,3-12H2,1-2H3,(H,24,27). The molecule has 7 nitrogen and oxygen atoms in total. The molecule has 2 aliphatic heterocycles. The molecule has 2 amide bonds. The summed E-state index contributed by atoms with van der Waals surface area (Å²) in [6, 6.07) is 0. The van der Waals surface area contributed by atoms with Crippen LogP contribution in [-0.2, 0) is 0 Å². The average molecular weight is 448 g/mol. The SMILES string of the molecule is Cc1nc(C)c(C(=O)N2CCC(c3nc(C(=O)NN4CCCCCC4)cs3)CC2)s1. The number of likely N-dealkylation sites (tertiary alicyclic amines) is 1. The third-order valence-electron chi connectivity index (χ3n) is 5.85. The molecule has 30 heavy (non-hydrogen) atoms. The molecule has 2 aromatic heterocycles. The number of nitrogens with zero attached hydrogens (tertiary/aromatic N) is 4. The highest BCUT2D eigenvalue weighted by molar-refractivity contribution is 7.13. The number of thiazole rings is 2. The van der Waals surface area contributed by atoms with Crippen LogP contribution in [0.15, 0.2) is 5.38 Å². The Labute approximate surface area is 185 Å². The molecule has 2 aliphatic rings. The number of aromatic nitrogens is 2. The molecule has 0 spiro atoms. The molecule has 0 radical (unpaired) electrons. The fourth-order valence-corrected chi connectivity index (χ4v) is 6.02. The highest BCUT2D eigenvalue weighted by Gasteiger charge is 2.28. The maximum Gasteiger partial charge on any atom is 0.285 e. The van der Waals surface area contributed by atoms with Crippen molar-refractivity contribution in [1.29, 1.82) is 0 Å². The van der Waals surface area contributed by atoms with Gasteiger partial charge in [0.25, 0.3) is 11.8 Å². The molecule has 0 atom stereocenters. The second kappa shape index (κ2) is 9.53. The van der Waals surface area contributed by atoms with Crippen molar-refractivity contribution in [3.8, 4) is 0 Å². The van der Waals surface area contributed by atoms with Gasteiger partial charge in [0.2, 0.25) is 0 Å². The first kappa shape index (κ1) is 21.4. The van der Waals surface area contributed by atoms with Crippen molar-refractivity contribution >= 4 is 34.5 Å². The lowest BCUT2D eigenvalue weighted by molar-refractivity contribution is 0.0717. The van der Waals surface area contributed by atoms with E-state index in [1.807, 2.05) is 29.1 Å². The van der Waals surface area contributed by atoms with E-state index in [9.17, 15) is 9.59 Å². The highest BCUT2D eigenvalue weighted by atomic mass is 32.1. The van der Waals surface area contributed by atoms with Gasteiger partial charge in [-0.2, -0.15) is 0 Å². The van der Waals surface area contributed by atoms with E-state index in [1.54, 1.807) is 11.3 Å². The van der Waals surface area contributed by atoms with Gasteiger partial charge in [0.05, 0.1) is 15.7 Å². The minimum absolute atomic E-state index is 0.0909. The summed E-state index contributed by atoms with van der Waals surface area (Å²) in [5.74, 6) is 0.291. The van der Waals surface area contributed by atoms with Gasteiger partial charge >= 0.3 is 0 Å². The lowest BCUT2D eigenvalue weighted by Gasteiger charge is -2.30. The molecule has 4 heterocycles. The zero-order chi connectivity index (χ0) is 21.1. The first-order valence-electron chi connectivity index (χ1n) is 10.8. The van der Waals surface area contributed by atoms with Crippen molar-refractivity contribution in [2.75, 3.05) is 26.2 Å². The molecule has 1 N–H and O–H groups in total. The van der Waals surface area contributed by atoms with Gasteiger partial charge < -0.3 is 4.90 Å². The zero-order valence-corrected chi connectivity index (χ0v) is 19.3. The summed E-state index contributed by atoms with van der Waals surface area (Å²) in [6.45, 7) is 7.09. The van der Waals surface area contributed by atoms with Crippen LogP contribution in [-0.4, -0.2) is 57.9 Å². The Morgan fingerprint density at radius 2 is 1.73 bits per heavy atom. The lowest BCUT2D eigenvalue weighted by atomic mass is 9.97. The molecule has 0 bridgehead atoms. The minimum atomic E-state index is -0.108. The number of hydrogen-bond acceptors (Lipinski definition) is 7. The maximum absolute atomic E-state index is 12.8. The van der Waals surface area contributed by atoms with Crippen molar-refractivity contribution in [3.63, 3.8) is 0 Å². The van der Waals surface area contributed by atoms with Crippen LogP contribution >= 0.6 is 22.7 Å². The molecule has 0 aromatic carbocycles. The van der Waals surface area contributed by atoms with E-state index in [0.717, 1.165) is 72.4 Å². The maximum atomic E-state index is 12.8. The summed E-state index contributed by atoms with van der Waals surface area (Å²) < 4.78 is 0. The second-order valence-electron chi connectivity index (χ2n) is 8.13. The number of carbonyl (C=O) groups excluding carboxylic acids is 2. The van der Waals surface area contributed by atoms with E-state index < -0.39 is 0 Å². The third-order valence-corrected chi connectivity index (χ3v) is 7.92. The summed E-state index contributed by atoms with van der Waals surface area (Å²) in [5.41, 5.74) is 4.35. The van der Waals surface area contributed by atoms with Crippen LogP contribution in [0.4, 0.5) is 0 Å². The Bertz CT molecular complexity index is 893. The van der Waals surface area contributed by atoms with Crippen molar-refractivity contribution in [2.45, 2.75) is 58.3 Å². The fraction of sp³-hybridized carbons (Fsp3) is 0.619. The summed E-state index contributed by atoms with van der Waals surface area (Å²) in [7, 11) is 0. The second-order valence-corrected chi connectivity index (χ2v) is 10.2. The molecule has 162 valence electrons. The average Bonchev–Trinajstić information content (AvgIpc) is 3.27. The Balaban J connectivity index is 1.32. The summed E-state index contributed by atoms with van der Waals surface area (Å²) in [5, 5.41) is 5.83. The molecule has 0 aliphatic carbocycles. The van der Waals surface area contributed by atoms with E-state index in [1.165, 1.54) is 24.2 Å². The monoisotopic (exact) mass is 447 g/mol. The van der Waals surface area contributed by atoms with Crippen LogP contribution in [0.2, 0.25) is 0 Å². The number of hydrogen-bond donors (Lipinski definition) is 1. The Morgan fingerprint density at radius 3 is 2.37 bits per heavy atom. The molecule has 0 unspecified atom stereocenters. The summed E-state index contributed by atoms with van der Waals surface area (Å²) in [4.78, 5) is 37.1. The molecule has 2 saturated heterocycles. The smallest absolute Gasteiger partial charge is 0.285 e. The van der Waals surface area contributed by atoms with Crippen LogP contribution in [0.3, 0.4) is 0 Å². The molecule has 4 rings (SSSR count). The first-order chi connectivity index (χ1) is 14.5. The first-order valence-corrected chi connectivity index (χ1v) is 12.5. The zero-order valence-electron chi connectivity index (χ0n) is 17.6.